The van der Waals surface area contributed by atoms with E-state index in [1.165, 1.54) is 6.07 Å². The lowest BCUT2D eigenvalue weighted by atomic mass is 9.89. The molecule has 210 valence electrons. The highest BCUT2D eigenvalue weighted by molar-refractivity contribution is 6.33. The first-order valence-electron chi connectivity index (χ1n) is 14.4. The van der Waals surface area contributed by atoms with Crippen LogP contribution in [0.5, 0.6) is 11.6 Å². The largest absolute Gasteiger partial charge is 0.490 e. The van der Waals surface area contributed by atoms with Gasteiger partial charge in [0.05, 0.1) is 22.8 Å². The predicted octanol–water partition coefficient (Wildman–Crippen LogP) is 8.44. The first-order valence-corrected chi connectivity index (χ1v) is 14.7. The lowest BCUT2D eigenvalue weighted by Gasteiger charge is -2.20. The van der Waals surface area contributed by atoms with E-state index in [9.17, 15) is 8.78 Å². The van der Waals surface area contributed by atoms with Gasteiger partial charge in [-0.05, 0) is 68.0 Å². The van der Waals surface area contributed by atoms with Gasteiger partial charge in [0.15, 0.2) is 11.6 Å². The smallest absolute Gasteiger partial charge is 0.215 e. The Morgan fingerprint density at radius 2 is 1.95 bits per heavy atom. The van der Waals surface area contributed by atoms with Gasteiger partial charge in [0.25, 0.3) is 0 Å². The quantitative estimate of drug-likeness (QED) is 0.181. The van der Waals surface area contributed by atoms with E-state index in [2.05, 4.69) is 45.0 Å². The van der Waals surface area contributed by atoms with E-state index in [1.807, 2.05) is 4.52 Å². The minimum Gasteiger partial charge on any atom is -0.490 e. The van der Waals surface area contributed by atoms with Crippen LogP contribution in [0.4, 0.5) is 8.78 Å². The molecule has 0 bridgehead atoms. The second-order valence-electron chi connectivity index (χ2n) is 11.2. The van der Waals surface area contributed by atoms with Gasteiger partial charge in [0.1, 0.15) is 17.5 Å². The van der Waals surface area contributed by atoms with Crippen LogP contribution in [-0.4, -0.2) is 27.3 Å². The number of benzene rings is 1. The van der Waals surface area contributed by atoms with E-state index in [4.69, 9.17) is 31.2 Å². The van der Waals surface area contributed by atoms with Gasteiger partial charge in [-0.3, -0.25) is 0 Å². The Morgan fingerprint density at radius 1 is 1.12 bits per heavy atom. The molecule has 2 atom stereocenters. The molecule has 1 aliphatic heterocycles. The zero-order valence-electron chi connectivity index (χ0n) is 23.1. The Labute approximate surface area is 238 Å². The van der Waals surface area contributed by atoms with Crippen molar-refractivity contribution in [1.29, 1.82) is 0 Å². The summed E-state index contributed by atoms with van der Waals surface area (Å²) in [4.78, 5) is 5.02. The molecule has 2 aliphatic rings. The summed E-state index contributed by atoms with van der Waals surface area (Å²) < 4.78 is 42.6. The molecule has 0 saturated heterocycles. The summed E-state index contributed by atoms with van der Waals surface area (Å²) in [5.74, 6) is -0.424. The summed E-state index contributed by atoms with van der Waals surface area (Å²) >= 11 is 6.31. The standard InChI is InChI=1S/C32H34ClF2N3O2/c1-4-6-20(12-19-13-22-15-21(7-5-2)37-38(22)28(14-19)40-23-8-9-23)27-16-25-18(3)17-39-32(25)31(36-27)24-10-11-26(34)30(35)29(24)33/h10-11,13-16,18,20,23H,4-9,12,17H2,1-3H3. The maximum Gasteiger partial charge on any atom is 0.215 e. The Balaban J connectivity index is 1.42. The van der Waals surface area contributed by atoms with Crippen LogP contribution in [0.15, 0.2) is 36.4 Å². The number of hydrogen-bond acceptors (Lipinski definition) is 4. The molecule has 2 unspecified atom stereocenters. The van der Waals surface area contributed by atoms with E-state index in [1.54, 1.807) is 0 Å². The normalized spacial score (nSPS) is 17.2. The number of rotatable bonds is 10. The maximum atomic E-state index is 14.5. The van der Waals surface area contributed by atoms with Gasteiger partial charge < -0.3 is 9.47 Å². The molecule has 8 heteroatoms. The fourth-order valence-electron chi connectivity index (χ4n) is 5.59. The average Bonchev–Trinajstić information content (AvgIpc) is 3.54. The average molecular weight is 566 g/mol. The van der Waals surface area contributed by atoms with Gasteiger partial charge >= 0.3 is 0 Å². The molecule has 1 saturated carbocycles. The van der Waals surface area contributed by atoms with Gasteiger partial charge in [-0.25, -0.2) is 18.3 Å². The van der Waals surface area contributed by atoms with Crippen LogP contribution in [-0.2, 0) is 12.8 Å². The molecule has 4 aromatic rings. The summed E-state index contributed by atoms with van der Waals surface area (Å²) in [6, 6.07) is 11.2. The van der Waals surface area contributed by atoms with Crippen LogP contribution in [0, 0.1) is 11.6 Å². The number of fused-ring (bicyclic) bond motifs is 2. The Morgan fingerprint density at radius 3 is 2.70 bits per heavy atom. The molecule has 0 spiro atoms. The Hall–Kier alpha value is -3.19. The predicted molar refractivity (Wildman–Crippen MR) is 153 cm³/mol. The van der Waals surface area contributed by atoms with Gasteiger partial charge in [-0.1, -0.05) is 45.2 Å². The third-order valence-corrected chi connectivity index (χ3v) is 8.18. The summed E-state index contributed by atoms with van der Waals surface area (Å²) in [6.45, 7) is 6.93. The highest BCUT2D eigenvalue weighted by atomic mass is 35.5. The van der Waals surface area contributed by atoms with E-state index < -0.39 is 11.6 Å². The third kappa shape index (κ3) is 5.16. The molecule has 40 heavy (non-hydrogen) atoms. The van der Waals surface area contributed by atoms with Crippen molar-refractivity contribution in [2.75, 3.05) is 6.61 Å². The SMILES string of the molecule is CCCc1cc2cc(CC(CCC)c3cc4c(c(-c5ccc(F)c(F)c5Cl)n3)OCC4C)cc(OC3CC3)n2n1. The molecule has 1 aromatic carbocycles. The molecule has 5 nitrogen and oxygen atoms in total. The van der Waals surface area contributed by atoms with Crippen LogP contribution in [0.3, 0.4) is 0 Å². The molecule has 3 aromatic heterocycles. The number of nitrogens with zero attached hydrogens (tertiary/aromatic N) is 3. The van der Waals surface area contributed by atoms with Crippen LogP contribution >= 0.6 is 11.6 Å². The number of ether oxygens (including phenoxy) is 2. The third-order valence-electron chi connectivity index (χ3n) is 7.81. The Kier molecular flexibility index (Phi) is 7.43. The number of hydrogen-bond donors (Lipinski definition) is 0. The minimum atomic E-state index is -1.07. The van der Waals surface area contributed by atoms with Crippen molar-refractivity contribution in [3.8, 4) is 22.9 Å². The molecule has 0 radical (unpaired) electrons. The first-order chi connectivity index (χ1) is 19.4. The lowest BCUT2D eigenvalue weighted by molar-refractivity contribution is 0.283. The summed E-state index contributed by atoms with van der Waals surface area (Å²) in [6.07, 6.45) is 6.99. The van der Waals surface area contributed by atoms with Crippen molar-refractivity contribution in [3.63, 3.8) is 0 Å². The summed E-state index contributed by atoms with van der Waals surface area (Å²) in [5, 5.41) is 4.53. The van der Waals surface area contributed by atoms with Gasteiger partial charge in [0, 0.05) is 34.7 Å². The highest BCUT2D eigenvalue weighted by Crippen LogP contribution is 2.45. The van der Waals surface area contributed by atoms with Gasteiger partial charge in [0.2, 0.25) is 5.88 Å². The second-order valence-corrected chi connectivity index (χ2v) is 11.6. The molecule has 6 rings (SSSR count). The van der Waals surface area contributed by atoms with Crippen molar-refractivity contribution in [1.82, 2.24) is 14.6 Å². The number of pyridine rings is 2. The van der Waals surface area contributed by atoms with Crippen LogP contribution in [0.2, 0.25) is 5.02 Å². The van der Waals surface area contributed by atoms with E-state index in [-0.39, 0.29) is 23.0 Å². The van der Waals surface area contributed by atoms with E-state index >= 15 is 0 Å². The van der Waals surface area contributed by atoms with Crippen molar-refractivity contribution < 1.29 is 18.3 Å². The summed E-state index contributed by atoms with van der Waals surface area (Å²) in [5.41, 5.74) is 5.98. The number of halogens is 3. The molecule has 1 fully saturated rings. The molecule has 1 aliphatic carbocycles. The first kappa shape index (κ1) is 27.0. The number of aryl methyl sites for hydroxylation is 1. The fourth-order valence-corrected chi connectivity index (χ4v) is 5.83. The molecular weight excluding hydrogens is 532 g/mol. The van der Waals surface area contributed by atoms with Crippen LogP contribution in [0.1, 0.15) is 87.2 Å². The van der Waals surface area contributed by atoms with Crippen LogP contribution < -0.4 is 9.47 Å². The zero-order chi connectivity index (χ0) is 28.0. The minimum absolute atomic E-state index is 0.0974. The topological polar surface area (TPSA) is 48.7 Å². The fraction of sp³-hybridized carbons (Fsp3) is 0.438. The monoisotopic (exact) mass is 565 g/mol. The Bertz CT molecular complexity index is 1570. The highest BCUT2D eigenvalue weighted by Gasteiger charge is 2.30. The number of aromatic nitrogens is 3. The van der Waals surface area contributed by atoms with E-state index in [0.29, 0.717) is 23.6 Å². The summed E-state index contributed by atoms with van der Waals surface area (Å²) in [7, 11) is 0. The van der Waals surface area contributed by atoms with Crippen molar-refractivity contribution in [2.24, 2.45) is 0 Å². The van der Waals surface area contributed by atoms with E-state index in [0.717, 1.165) is 84.9 Å². The molecule has 4 heterocycles. The van der Waals surface area contributed by atoms with Gasteiger partial charge in [-0.2, -0.15) is 5.10 Å². The molecule has 0 N–H and O–H groups in total. The van der Waals surface area contributed by atoms with Gasteiger partial charge in [-0.15, -0.1) is 0 Å². The van der Waals surface area contributed by atoms with Crippen LogP contribution in [0.25, 0.3) is 16.8 Å². The van der Waals surface area contributed by atoms with Crippen molar-refractivity contribution in [3.05, 3.63) is 75.6 Å². The zero-order valence-corrected chi connectivity index (χ0v) is 23.9. The molecular formula is C32H34ClF2N3O2. The second kappa shape index (κ2) is 11.0. The van der Waals surface area contributed by atoms with Crippen molar-refractivity contribution >= 4 is 17.1 Å². The molecule has 0 amide bonds. The maximum absolute atomic E-state index is 14.5. The van der Waals surface area contributed by atoms with Crippen molar-refractivity contribution in [2.45, 2.75) is 83.7 Å². The lowest BCUT2D eigenvalue weighted by Crippen LogP contribution is -2.09.